The van der Waals surface area contributed by atoms with Crippen LogP contribution >= 0.6 is 0 Å². The van der Waals surface area contributed by atoms with Gasteiger partial charge in [0.15, 0.2) is 0 Å². The van der Waals surface area contributed by atoms with E-state index in [0.717, 1.165) is 56.0 Å². The Morgan fingerprint density at radius 1 is 0.905 bits per heavy atom. The van der Waals surface area contributed by atoms with Crippen LogP contribution in [0.3, 0.4) is 0 Å². The molecule has 216 valence electrons. The first-order valence-electron chi connectivity index (χ1n) is 15.1. The molecule has 1 saturated heterocycles. The van der Waals surface area contributed by atoms with E-state index in [9.17, 15) is 9.90 Å². The number of aryl methyl sites for hydroxylation is 1. The molecule has 1 aliphatic heterocycles. The lowest BCUT2D eigenvalue weighted by Gasteiger charge is -2.30. The number of nitrogens with zero attached hydrogens (tertiary/aromatic N) is 3. The van der Waals surface area contributed by atoms with Crippen molar-refractivity contribution in [3.63, 3.8) is 0 Å². The predicted octanol–water partition coefficient (Wildman–Crippen LogP) is 6.87. The second-order valence-electron chi connectivity index (χ2n) is 11.6. The highest BCUT2D eigenvalue weighted by atomic mass is 16.4. The minimum absolute atomic E-state index is 0.0890. The van der Waals surface area contributed by atoms with Crippen molar-refractivity contribution in [1.29, 1.82) is 0 Å². The van der Waals surface area contributed by atoms with Gasteiger partial charge in [0.05, 0.1) is 23.3 Å². The summed E-state index contributed by atoms with van der Waals surface area (Å²) < 4.78 is 0. The molecule has 7 heteroatoms. The van der Waals surface area contributed by atoms with E-state index in [1.54, 1.807) is 12.1 Å². The molecule has 1 fully saturated rings. The number of hydrogen-bond acceptors (Lipinski definition) is 6. The maximum Gasteiger partial charge on any atom is 0.335 e. The summed E-state index contributed by atoms with van der Waals surface area (Å²) in [6, 6.07) is 28.5. The number of carboxylic acids is 1. The molecular weight excluding hydrogens is 522 g/mol. The first-order valence-corrected chi connectivity index (χ1v) is 15.1. The van der Waals surface area contributed by atoms with Crippen LogP contribution < -0.4 is 10.6 Å². The Balaban J connectivity index is 1.33. The number of aromatic nitrogens is 2. The monoisotopic (exact) mass is 561 g/mol. The van der Waals surface area contributed by atoms with Gasteiger partial charge in [-0.3, -0.25) is 0 Å². The van der Waals surface area contributed by atoms with Gasteiger partial charge in [-0.15, -0.1) is 0 Å². The highest BCUT2D eigenvalue weighted by molar-refractivity contribution is 5.87. The number of benzene rings is 3. The molecule has 1 aliphatic carbocycles. The number of nitrogens with one attached hydrogen (secondary N) is 2. The third kappa shape index (κ3) is 6.47. The molecule has 3 aromatic carbocycles. The lowest BCUT2D eigenvalue weighted by Crippen LogP contribution is -2.30. The van der Waals surface area contributed by atoms with Crippen LogP contribution in [0.2, 0.25) is 0 Å². The van der Waals surface area contributed by atoms with Crippen LogP contribution in [0.5, 0.6) is 0 Å². The average Bonchev–Trinajstić information content (AvgIpc) is 3.55. The van der Waals surface area contributed by atoms with Gasteiger partial charge < -0.3 is 20.6 Å². The van der Waals surface area contributed by atoms with E-state index in [0.29, 0.717) is 11.9 Å². The molecular formula is C35H39N5O2. The maximum absolute atomic E-state index is 11.3. The number of fused-ring (bicyclic) bond motifs is 1. The minimum atomic E-state index is -0.924. The molecule has 2 heterocycles. The molecule has 1 aromatic heterocycles. The molecule has 0 amide bonds. The molecule has 42 heavy (non-hydrogen) atoms. The summed E-state index contributed by atoms with van der Waals surface area (Å²) in [5.41, 5.74) is 6.20. The van der Waals surface area contributed by atoms with Gasteiger partial charge in [0, 0.05) is 12.1 Å². The van der Waals surface area contributed by atoms with E-state index >= 15 is 0 Å². The highest BCUT2D eigenvalue weighted by Gasteiger charge is 2.28. The first-order chi connectivity index (χ1) is 20.5. The number of hydrogen-bond donors (Lipinski definition) is 3. The molecule has 3 atom stereocenters. The first kappa shape index (κ1) is 27.9. The van der Waals surface area contributed by atoms with Crippen LogP contribution in [0, 0.1) is 0 Å². The number of likely N-dealkylation sites (tertiary alicyclic amines) is 1. The molecule has 4 aromatic rings. The van der Waals surface area contributed by atoms with Crippen molar-refractivity contribution < 1.29 is 9.90 Å². The summed E-state index contributed by atoms with van der Waals surface area (Å²) in [5.74, 6) is 1.01. The Bertz CT molecular complexity index is 1490. The maximum atomic E-state index is 11.3. The van der Waals surface area contributed by atoms with Crippen molar-refractivity contribution in [3.8, 4) is 0 Å². The zero-order chi connectivity index (χ0) is 28.9. The molecule has 0 radical (unpaired) electrons. The van der Waals surface area contributed by atoms with E-state index in [4.69, 9.17) is 9.97 Å². The van der Waals surface area contributed by atoms with Crippen LogP contribution in [-0.2, 0) is 12.8 Å². The fourth-order valence-electron chi connectivity index (χ4n) is 6.30. The molecule has 7 nitrogen and oxygen atoms in total. The third-order valence-corrected chi connectivity index (χ3v) is 8.70. The van der Waals surface area contributed by atoms with Gasteiger partial charge in [0.25, 0.3) is 0 Å². The van der Waals surface area contributed by atoms with Crippen molar-refractivity contribution in [3.05, 3.63) is 118 Å². The standard InChI is InChI=1S/C35H39N5O2/c1-24(25-14-16-28(17-15-25)34(41)42)36-35-38-31-19-18-29(26-10-4-2-5-11-26)22-30(31)33(39-35)37-32(23-40-20-8-9-21-40)27-12-6-3-7-13-27/h2-7,10-17,24,29,32H,8-9,18-23H2,1H3,(H,41,42)(H2,36,37,38,39)/t24-,29-,32+/m1/s1. The third-order valence-electron chi connectivity index (χ3n) is 8.70. The van der Waals surface area contributed by atoms with Crippen LogP contribution in [0.25, 0.3) is 0 Å². The number of rotatable bonds is 10. The molecule has 3 N–H and O–H groups in total. The van der Waals surface area contributed by atoms with Crippen LogP contribution in [-0.4, -0.2) is 45.6 Å². The largest absolute Gasteiger partial charge is 0.478 e. The highest BCUT2D eigenvalue weighted by Crippen LogP contribution is 2.37. The van der Waals surface area contributed by atoms with E-state index < -0.39 is 5.97 Å². The van der Waals surface area contributed by atoms with E-state index in [1.807, 2.05) is 12.1 Å². The lowest BCUT2D eigenvalue weighted by molar-refractivity contribution is 0.0697. The molecule has 6 rings (SSSR count). The van der Waals surface area contributed by atoms with Crippen molar-refractivity contribution in [1.82, 2.24) is 14.9 Å². The molecule has 0 bridgehead atoms. The van der Waals surface area contributed by atoms with Gasteiger partial charge in [0.1, 0.15) is 5.82 Å². The van der Waals surface area contributed by atoms with Gasteiger partial charge in [-0.05, 0) is 86.9 Å². The van der Waals surface area contributed by atoms with Crippen molar-refractivity contribution in [2.75, 3.05) is 30.3 Å². The Kier molecular flexibility index (Phi) is 8.47. The summed E-state index contributed by atoms with van der Waals surface area (Å²) in [6.45, 7) is 5.25. The fraction of sp³-hybridized carbons (Fsp3) is 0.343. The van der Waals surface area contributed by atoms with Gasteiger partial charge >= 0.3 is 5.97 Å². The zero-order valence-electron chi connectivity index (χ0n) is 24.2. The molecule has 0 saturated carbocycles. The van der Waals surface area contributed by atoms with Gasteiger partial charge in [-0.1, -0.05) is 72.8 Å². The summed E-state index contributed by atoms with van der Waals surface area (Å²) in [5, 5.41) is 16.7. The second-order valence-corrected chi connectivity index (χ2v) is 11.6. The molecule has 0 spiro atoms. The number of anilines is 2. The fourth-order valence-corrected chi connectivity index (χ4v) is 6.30. The second kappa shape index (κ2) is 12.7. The summed E-state index contributed by atoms with van der Waals surface area (Å²) >= 11 is 0. The van der Waals surface area contributed by atoms with Crippen LogP contribution in [0.15, 0.2) is 84.9 Å². The smallest absolute Gasteiger partial charge is 0.335 e. The number of carboxylic acid groups (broad SMARTS) is 1. The number of carbonyl (C=O) groups is 1. The average molecular weight is 562 g/mol. The normalized spacial score (nSPS) is 18.2. The van der Waals surface area contributed by atoms with E-state index in [-0.39, 0.29) is 17.6 Å². The predicted molar refractivity (Wildman–Crippen MR) is 167 cm³/mol. The van der Waals surface area contributed by atoms with E-state index in [2.05, 4.69) is 83.1 Å². The Morgan fingerprint density at radius 3 is 2.29 bits per heavy atom. The SMILES string of the molecule is C[C@@H](Nc1nc2c(c(N[C@@H](CN3CCCC3)c3ccccc3)n1)C[C@H](c1ccccc1)CC2)c1ccc(C(=O)O)cc1. The molecule has 0 unspecified atom stereocenters. The quantitative estimate of drug-likeness (QED) is 0.195. The summed E-state index contributed by atoms with van der Waals surface area (Å²) in [6.07, 6.45) is 5.35. The lowest BCUT2D eigenvalue weighted by atomic mass is 9.82. The summed E-state index contributed by atoms with van der Waals surface area (Å²) in [4.78, 5) is 24.0. The van der Waals surface area contributed by atoms with E-state index in [1.165, 1.54) is 29.5 Å². The van der Waals surface area contributed by atoms with Gasteiger partial charge in [-0.2, -0.15) is 4.98 Å². The minimum Gasteiger partial charge on any atom is -0.478 e. The van der Waals surface area contributed by atoms with Crippen LogP contribution in [0.1, 0.15) is 82.5 Å². The van der Waals surface area contributed by atoms with Crippen LogP contribution in [0.4, 0.5) is 11.8 Å². The molecule has 2 aliphatic rings. The van der Waals surface area contributed by atoms with Crippen molar-refractivity contribution in [2.24, 2.45) is 0 Å². The zero-order valence-corrected chi connectivity index (χ0v) is 24.2. The van der Waals surface area contributed by atoms with Gasteiger partial charge in [-0.25, -0.2) is 9.78 Å². The summed E-state index contributed by atoms with van der Waals surface area (Å²) in [7, 11) is 0. The Hall–Kier alpha value is -4.23. The Labute approximate surface area is 248 Å². The van der Waals surface area contributed by atoms with Crippen molar-refractivity contribution in [2.45, 2.75) is 57.0 Å². The topological polar surface area (TPSA) is 90.4 Å². The van der Waals surface area contributed by atoms with Gasteiger partial charge in [0.2, 0.25) is 5.95 Å². The number of aromatic carboxylic acids is 1. The Morgan fingerprint density at radius 2 is 1.60 bits per heavy atom. The van der Waals surface area contributed by atoms with Crippen molar-refractivity contribution >= 4 is 17.7 Å².